The summed E-state index contributed by atoms with van der Waals surface area (Å²) >= 11 is 0. The molecule has 0 saturated heterocycles. The third-order valence-corrected chi connectivity index (χ3v) is 3.36. The van der Waals surface area contributed by atoms with Gasteiger partial charge in [-0.25, -0.2) is 0 Å². The lowest BCUT2D eigenvalue weighted by Crippen LogP contribution is -3.05. The van der Waals surface area contributed by atoms with Gasteiger partial charge >= 0.3 is 0 Å². The first-order chi connectivity index (χ1) is 9.79. The van der Waals surface area contributed by atoms with Crippen LogP contribution in [0, 0.1) is 0 Å². The molecule has 0 atom stereocenters. The van der Waals surface area contributed by atoms with Gasteiger partial charge in [0.25, 0.3) is 0 Å². The van der Waals surface area contributed by atoms with Gasteiger partial charge in [0.1, 0.15) is 0 Å². The van der Waals surface area contributed by atoms with Crippen LogP contribution in [0.2, 0.25) is 0 Å². The Morgan fingerprint density at radius 2 is 1.81 bits per heavy atom. The summed E-state index contributed by atoms with van der Waals surface area (Å²) in [6.07, 6.45) is 4.47. The van der Waals surface area contributed by atoms with E-state index in [1.165, 1.54) is 10.5 Å². The summed E-state index contributed by atoms with van der Waals surface area (Å²) in [5, 5.41) is 2.90. The maximum atomic E-state index is 11.7. The molecule has 0 bridgehead atoms. The van der Waals surface area contributed by atoms with E-state index in [9.17, 15) is 4.79 Å². The van der Waals surface area contributed by atoms with Crippen molar-refractivity contribution >= 4 is 12.0 Å². The number of hydrogen-bond acceptors (Lipinski definition) is 1. The Balaban J connectivity index is 2.43. The van der Waals surface area contributed by atoms with Crippen LogP contribution in [0.5, 0.6) is 0 Å². The number of amides is 1. The van der Waals surface area contributed by atoms with E-state index in [2.05, 4.69) is 64.4 Å². The number of quaternary nitrogens is 1. The quantitative estimate of drug-likeness (QED) is 0.606. The minimum atomic E-state index is -0.0244. The molecule has 1 amide bonds. The molecule has 1 aromatic rings. The Hall–Kier alpha value is -1.61. The Bertz CT molecular complexity index is 467. The van der Waals surface area contributed by atoms with Crippen LogP contribution in [-0.4, -0.2) is 33.1 Å². The molecule has 0 fully saturated rings. The summed E-state index contributed by atoms with van der Waals surface area (Å²) < 4.78 is 0. The maximum Gasteiger partial charge on any atom is 0.244 e. The van der Waals surface area contributed by atoms with Crippen molar-refractivity contribution in [3.05, 3.63) is 41.5 Å². The summed E-state index contributed by atoms with van der Waals surface area (Å²) in [7, 11) is 4.23. The van der Waals surface area contributed by atoms with Crippen LogP contribution in [0.1, 0.15) is 38.3 Å². The fourth-order valence-electron chi connectivity index (χ4n) is 1.98. The minimum absolute atomic E-state index is 0.0244. The van der Waals surface area contributed by atoms with Crippen LogP contribution in [0.3, 0.4) is 0 Å². The summed E-state index contributed by atoms with van der Waals surface area (Å²) in [6.45, 7) is 8.39. The second-order valence-electron chi connectivity index (χ2n) is 6.81. The number of nitrogens with one attached hydrogen (secondary N) is 2. The van der Waals surface area contributed by atoms with Gasteiger partial charge in [0.05, 0.1) is 20.6 Å². The van der Waals surface area contributed by atoms with Crippen LogP contribution in [0.4, 0.5) is 0 Å². The Kier molecular flexibility index (Phi) is 6.63. The van der Waals surface area contributed by atoms with Crippen LogP contribution in [-0.2, 0) is 10.2 Å². The molecule has 0 aliphatic heterocycles. The van der Waals surface area contributed by atoms with Gasteiger partial charge in [-0.3, -0.25) is 4.79 Å². The van der Waals surface area contributed by atoms with Gasteiger partial charge in [0.15, 0.2) is 0 Å². The standard InChI is InChI=1S/C18H28N2O/c1-18(2,3)16-10-7-15(8-11-16)9-12-17(21)19-13-6-14-20(4)5/h7-12H,6,13-14H2,1-5H3,(H,19,21)/p+1/b12-9+. The van der Waals surface area contributed by atoms with E-state index < -0.39 is 0 Å². The van der Waals surface area contributed by atoms with E-state index >= 15 is 0 Å². The van der Waals surface area contributed by atoms with Crippen molar-refractivity contribution < 1.29 is 9.69 Å². The molecule has 116 valence electrons. The summed E-state index contributed by atoms with van der Waals surface area (Å²) in [4.78, 5) is 13.1. The zero-order valence-corrected chi connectivity index (χ0v) is 14.0. The van der Waals surface area contributed by atoms with Crippen LogP contribution >= 0.6 is 0 Å². The largest absolute Gasteiger partial charge is 0.352 e. The van der Waals surface area contributed by atoms with Gasteiger partial charge in [0, 0.05) is 19.0 Å². The van der Waals surface area contributed by atoms with E-state index in [4.69, 9.17) is 0 Å². The van der Waals surface area contributed by atoms with E-state index in [1.807, 2.05) is 6.08 Å². The van der Waals surface area contributed by atoms with E-state index in [0.29, 0.717) is 0 Å². The molecule has 0 heterocycles. The highest BCUT2D eigenvalue weighted by Crippen LogP contribution is 2.22. The second kappa shape index (κ2) is 7.99. The molecule has 0 unspecified atom stereocenters. The summed E-state index contributed by atoms with van der Waals surface area (Å²) in [5.74, 6) is -0.0244. The van der Waals surface area contributed by atoms with Crippen molar-refractivity contribution in [2.75, 3.05) is 27.2 Å². The number of rotatable bonds is 6. The van der Waals surface area contributed by atoms with Gasteiger partial charge in [-0.1, -0.05) is 45.0 Å². The SMILES string of the molecule is C[NH+](C)CCCNC(=O)/C=C/c1ccc(C(C)(C)C)cc1. The molecule has 21 heavy (non-hydrogen) atoms. The van der Waals surface area contributed by atoms with Crippen LogP contribution < -0.4 is 10.2 Å². The van der Waals surface area contributed by atoms with Crippen molar-refractivity contribution in [2.45, 2.75) is 32.6 Å². The van der Waals surface area contributed by atoms with Crippen molar-refractivity contribution in [3.63, 3.8) is 0 Å². The van der Waals surface area contributed by atoms with Gasteiger partial charge in [-0.15, -0.1) is 0 Å². The Labute approximate surface area is 129 Å². The van der Waals surface area contributed by atoms with Gasteiger partial charge in [0.2, 0.25) is 5.91 Å². The highest BCUT2D eigenvalue weighted by atomic mass is 16.1. The number of carbonyl (C=O) groups is 1. The van der Waals surface area contributed by atoms with Crippen LogP contribution in [0.15, 0.2) is 30.3 Å². The molecular formula is C18H29N2O+. The predicted octanol–water partition coefficient (Wildman–Crippen LogP) is 1.65. The van der Waals surface area contributed by atoms with Gasteiger partial charge in [-0.2, -0.15) is 0 Å². The van der Waals surface area contributed by atoms with E-state index in [-0.39, 0.29) is 11.3 Å². The number of carbonyl (C=O) groups excluding carboxylic acids is 1. The van der Waals surface area contributed by atoms with E-state index in [0.717, 1.165) is 25.1 Å². The molecule has 3 heteroatoms. The molecule has 1 rings (SSSR count). The van der Waals surface area contributed by atoms with Gasteiger partial charge in [-0.05, 0) is 22.6 Å². The minimum Gasteiger partial charge on any atom is -0.352 e. The first-order valence-electron chi connectivity index (χ1n) is 7.64. The van der Waals surface area contributed by atoms with Gasteiger partial charge < -0.3 is 10.2 Å². The topological polar surface area (TPSA) is 33.5 Å². The lowest BCUT2D eigenvalue weighted by molar-refractivity contribution is -0.858. The van der Waals surface area contributed by atoms with E-state index in [1.54, 1.807) is 6.08 Å². The highest BCUT2D eigenvalue weighted by molar-refractivity contribution is 5.91. The average Bonchev–Trinajstić information content (AvgIpc) is 2.40. The normalized spacial score (nSPS) is 12.1. The Morgan fingerprint density at radius 1 is 1.19 bits per heavy atom. The fourth-order valence-corrected chi connectivity index (χ4v) is 1.98. The number of hydrogen-bond donors (Lipinski definition) is 2. The Morgan fingerprint density at radius 3 is 2.33 bits per heavy atom. The smallest absolute Gasteiger partial charge is 0.244 e. The van der Waals surface area contributed by atoms with Crippen molar-refractivity contribution in [2.24, 2.45) is 0 Å². The zero-order valence-electron chi connectivity index (χ0n) is 14.0. The molecule has 0 spiro atoms. The lowest BCUT2D eigenvalue weighted by atomic mass is 9.87. The highest BCUT2D eigenvalue weighted by Gasteiger charge is 2.12. The predicted molar refractivity (Wildman–Crippen MR) is 89.5 cm³/mol. The second-order valence-corrected chi connectivity index (χ2v) is 6.81. The zero-order chi connectivity index (χ0) is 15.9. The first-order valence-corrected chi connectivity index (χ1v) is 7.64. The van der Waals surface area contributed by atoms with Crippen molar-refractivity contribution in [3.8, 4) is 0 Å². The molecule has 0 saturated carbocycles. The summed E-state index contributed by atoms with van der Waals surface area (Å²) in [5.41, 5.74) is 2.51. The lowest BCUT2D eigenvalue weighted by Gasteiger charge is -2.18. The first kappa shape index (κ1) is 17.4. The third kappa shape index (κ3) is 7.09. The third-order valence-electron chi connectivity index (χ3n) is 3.36. The molecule has 2 N–H and O–H groups in total. The summed E-state index contributed by atoms with van der Waals surface area (Å²) in [6, 6.07) is 8.36. The molecule has 3 nitrogen and oxygen atoms in total. The van der Waals surface area contributed by atoms with Crippen LogP contribution in [0.25, 0.3) is 6.08 Å². The molecule has 1 aromatic carbocycles. The molecular weight excluding hydrogens is 260 g/mol. The monoisotopic (exact) mass is 289 g/mol. The molecule has 0 radical (unpaired) electrons. The van der Waals surface area contributed by atoms with Crippen molar-refractivity contribution in [1.82, 2.24) is 5.32 Å². The number of benzene rings is 1. The molecule has 0 aliphatic rings. The molecule has 0 aromatic heterocycles. The van der Waals surface area contributed by atoms with Crippen molar-refractivity contribution in [1.29, 1.82) is 0 Å². The average molecular weight is 289 g/mol. The molecule has 0 aliphatic carbocycles. The maximum absolute atomic E-state index is 11.7. The fraction of sp³-hybridized carbons (Fsp3) is 0.500.